The Morgan fingerprint density at radius 1 is 0.600 bits per heavy atom. The van der Waals surface area contributed by atoms with Crippen molar-refractivity contribution >= 4 is 46.4 Å². The first-order valence-corrected chi connectivity index (χ1v) is 14.9. The van der Waals surface area contributed by atoms with Crippen LogP contribution in [0.15, 0.2) is 91.0 Å². The molecule has 0 saturated heterocycles. The minimum atomic E-state index is 0. The molecule has 8 bridgehead atoms. The van der Waals surface area contributed by atoms with Crippen LogP contribution in [-0.2, 0) is 19.5 Å². The number of benzene rings is 2. The zero-order chi connectivity index (χ0) is 29.7. The number of hydrogen-bond donors (Lipinski definition) is 2. The van der Waals surface area contributed by atoms with E-state index in [-0.39, 0.29) is 19.5 Å². The van der Waals surface area contributed by atoms with Crippen molar-refractivity contribution in [3.05, 3.63) is 119 Å². The van der Waals surface area contributed by atoms with Gasteiger partial charge in [-0.25, -0.2) is 9.97 Å². The van der Waals surface area contributed by atoms with Gasteiger partial charge < -0.3 is 9.97 Å². The van der Waals surface area contributed by atoms with Gasteiger partial charge in [0.15, 0.2) is 0 Å². The molecular weight excluding hydrogens is 602 g/mol. The van der Waals surface area contributed by atoms with Crippen LogP contribution in [0.1, 0.15) is 54.0 Å². The molecule has 0 atom stereocenters. The van der Waals surface area contributed by atoms with Crippen LogP contribution in [0, 0.1) is 24.2 Å². The molecule has 5 heterocycles. The third-order valence-corrected chi connectivity index (χ3v) is 7.79. The first-order valence-electron chi connectivity index (χ1n) is 14.9. The van der Waals surface area contributed by atoms with Crippen molar-refractivity contribution < 1.29 is 19.5 Å². The van der Waals surface area contributed by atoms with E-state index in [0.717, 1.165) is 98.3 Å². The smallest absolute Gasteiger partial charge is 0.0815 e. The van der Waals surface area contributed by atoms with E-state index in [9.17, 15) is 0 Å². The van der Waals surface area contributed by atoms with Gasteiger partial charge >= 0.3 is 0 Å². The number of rotatable bonds is 5. The van der Waals surface area contributed by atoms with Gasteiger partial charge in [-0.15, -0.1) is 12.3 Å². The number of nitrogens with zero attached hydrogens (tertiary/aromatic N) is 2. The summed E-state index contributed by atoms with van der Waals surface area (Å²) in [6, 6.07) is 31.3. The van der Waals surface area contributed by atoms with E-state index in [4.69, 9.17) is 16.4 Å². The number of unbranched alkanes of at least 4 members (excludes halogenated alkanes) is 3. The maximum Gasteiger partial charge on any atom is 0.0815 e. The Morgan fingerprint density at radius 2 is 1.20 bits per heavy atom. The van der Waals surface area contributed by atoms with Gasteiger partial charge in [-0.2, -0.15) is 0 Å². The molecule has 5 heteroatoms. The molecule has 212 valence electrons. The van der Waals surface area contributed by atoms with E-state index in [1.54, 1.807) is 0 Å². The molecule has 2 aliphatic rings. The second kappa shape index (κ2) is 13.6. The number of H-pyrrole nitrogens is 2. The molecule has 2 N–H and O–H groups in total. The fraction of sp³-hybridized carbons (Fsp3) is 0.100. The molecule has 0 fully saturated rings. The van der Waals surface area contributed by atoms with Gasteiger partial charge in [-0.05, 0) is 78.6 Å². The van der Waals surface area contributed by atoms with Crippen molar-refractivity contribution in [3.8, 4) is 46.4 Å². The fourth-order valence-electron chi connectivity index (χ4n) is 5.68. The standard InChI is InChI=1S/C40H30N4.Zn/c1-2-3-4-5-6-13-18-32-33-23-25-37(43-33)39(28-14-9-7-10-15-28)35-21-19-30(41-35)27-31-20-22-36(42-31)40(29-16-11-8-12-17-29)38-26-24-34(32)44-38;/h1,7-12,14-17,19-27,41,44H,3-6H2;. The Bertz CT molecular complexity index is 2150. The van der Waals surface area contributed by atoms with Crippen molar-refractivity contribution in [1.29, 1.82) is 0 Å². The summed E-state index contributed by atoms with van der Waals surface area (Å²) in [6.07, 6.45) is 17.3. The van der Waals surface area contributed by atoms with Crippen LogP contribution in [0.3, 0.4) is 0 Å². The predicted octanol–water partition coefficient (Wildman–Crippen LogP) is 9.53. The SMILES string of the molecule is C#CCCCCC#Cc1c2nc(c(-c3ccccc3)c3ccc(cc4nc(c(-c5ccccc5)c5ccc1[nH]5)C=C4)[nH]3)C=C2.[Zn]. The number of hydrogen-bond acceptors (Lipinski definition) is 2. The van der Waals surface area contributed by atoms with E-state index in [0.29, 0.717) is 0 Å². The Hall–Kier alpha value is -5.22. The average Bonchev–Trinajstić information content (AvgIpc) is 3.88. The van der Waals surface area contributed by atoms with E-state index in [1.807, 2.05) is 12.1 Å². The summed E-state index contributed by atoms with van der Waals surface area (Å²) in [5, 5.41) is 0. The molecule has 0 amide bonds. The second-order valence-electron chi connectivity index (χ2n) is 10.8. The van der Waals surface area contributed by atoms with Gasteiger partial charge in [0.2, 0.25) is 0 Å². The Balaban J connectivity index is 0.00000357. The number of fused-ring (bicyclic) bond motifs is 8. The summed E-state index contributed by atoms with van der Waals surface area (Å²) >= 11 is 0. The van der Waals surface area contributed by atoms with Crippen LogP contribution in [0.25, 0.3) is 68.6 Å². The van der Waals surface area contributed by atoms with Crippen molar-refractivity contribution in [2.75, 3.05) is 0 Å². The van der Waals surface area contributed by atoms with Crippen molar-refractivity contribution in [1.82, 2.24) is 19.9 Å². The molecule has 0 unspecified atom stereocenters. The molecule has 2 aromatic carbocycles. The third kappa shape index (κ3) is 6.37. The summed E-state index contributed by atoms with van der Waals surface area (Å²) in [5.41, 5.74) is 12.5. The average molecular weight is 632 g/mol. The van der Waals surface area contributed by atoms with Gasteiger partial charge in [0.25, 0.3) is 0 Å². The van der Waals surface area contributed by atoms with Crippen LogP contribution in [-0.4, -0.2) is 19.9 Å². The predicted molar refractivity (Wildman–Crippen MR) is 184 cm³/mol. The molecule has 5 aromatic rings. The normalized spacial score (nSPS) is 11.4. The Labute approximate surface area is 276 Å². The second-order valence-corrected chi connectivity index (χ2v) is 10.8. The van der Waals surface area contributed by atoms with Gasteiger partial charge in [0.05, 0.1) is 33.9 Å². The largest absolute Gasteiger partial charge is 0.355 e. The van der Waals surface area contributed by atoms with E-state index < -0.39 is 0 Å². The van der Waals surface area contributed by atoms with Gasteiger partial charge in [0, 0.05) is 60.0 Å². The van der Waals surface area contributed by atoms with Crippen molar-refractivity contribution in [2.45, 2.75) is 25.7 Å². The summed E-state index contributed by atoms with van der Waals surface area (Å²) in [7, 11) is 0. The van der Waals surface area contributed by atoms with Crippen molar-refractivity contribution in [3.63, 3.8) is 0 Å². The number of aromatic nitrogens is 4. The molecule has 0 radical (unpaired) electrons. The quantitative estimate of drug-likeness (QED) is 0.113. The fourth-order valence-corrected chi connectivity index (χ4v) is 5.68. The van der Waals surface area contributed by atoms with E-state index >= 15 is 0 Å². The topological polar surface area (TPSA) is 57.4 Å². The molecule has 4 nitrogen and oxygen atoms in total. The number of terminal acetylenes is 1. The van der Waals surface area contributed by atoms with Crippen LogP contribution < -0.4 is 0 Å². The molecule has 0 saturated carbocycles. The summed E-state index contributed by atoms with van der Waals surface area (Å²) in [6.45, 7) is 0. The van der Waals surface area contributed by atoms with Crippen LogP contribution in [0.5, 0.6) is 0 Å². The molecule has 2 aliphatic heterocycles. The van der Waals surface area contributed by atoms with Crippen molar-refractivity contribution in [2.24, 2.45) is 0 Å². The molecule has 0 spiro atoms. The summed E-state index contributed by atoms with van der Waals surface area (Å²) < 4.78 is 0. The molecule has 3 aromatic heterocycles. The number of aromatic amines is 2. The van der Waals surface area contributed by atoms with Gasteiger partial charge in [-0.3, -0.25) is 0 Å². The Morgan fingerprint density at radius 3 is 1.93 bits per heavy atom. The van der Waals surface area contributed by atoms with Crippen LogP contribution in [0.2, 0.25) is 0 Å². The zero-order valence-corrected chi connectivity index (χ0v) is 27.9. The van der Waals surface area contributed by atoms with Gasteiger partial charge in [0.1, 0.15) is 0 Å². The molecule has 0 aliphatic carbocycles. The maximum absolute atomic E-state index is 5.45. The first-order chi connectivity index (χ1) is 21.8. The van der Waals surface area contributed by atoms with E-state index in [1.165, 1.54) is 0 Å². The summed E-state index contributed by atoms with van der Waals surface area (Å²) in [4.78, 5) is 17.6. The third-order valence-electron chi connectivity index (χ3n) is 7.79. The molecule has 45 heavy (non-hydrogen) atoms. The number of nitrogens with one attached hydrogen (secondary N) is 2. The monoisotopic (exact) mass is 630 g/mol. The molecule has 7 rings (SSSR count). The molecular formula is C40H30N4Zn. The van der Waals surface area contributed by atoms with E-state index in [2.05, 4.69) is 131 Å². The first kappa shape index (κ1) is 29.8. The van der Waals surface area contributed by atoms with Crippen LogP contribution >= 0.6 is 0 Å². The minimum absolute atomic E-state index is 0. The van der Waals surface area contributed by atoms with Crippen LogP contribution in [0.4, 0.5) is 0 Å². The Kier molecular flexibility index (Phi) is 9.02. The summed E-state index contributed by atoms with van der Waals surface area (Å²) in [5.74, 6) is 9.60. The van der Waals surface area contributed by atoms with Gasteiger partial charge in [-0.1, -0.05) is 72.5 Å². The minimum Gasteiger partial charge on any atom is -0.355 e. The zero-order valence-electron chi connectivity index (χ0n) is 25.0. The maximum atomic E-state index is 5.45.